The van der Waals surface area contributed by atoms with E-state index in [9.17, 15) is 0 Å². The van der Waals surface area contributed by atoms with Crippen LogP contribution in [0.3, 0.4) is 0 Å². The molecule has 0 bridgehead atoms. The first-order valence-corrected chi connectivity index (χ1v) is 25.6. The Bertz CT molecular complexity index is 4240. The van der Waals surface area contributed by atoms with Crippen LogP contribution in [-0.2, 0) is 0 Å². The van der Waals surface area contributed by atoms with E-state index in [0.29, 0.717) is 0 Å². The van der Waals surface area contributed by atoms with Crippen LogP contribution in [0.5, 0.6) is 0 Å². The Morgan fingerprint density at radius 2 is 0.699 bits per heavy atom. The number of anilines is 6. The fourth-order valence-corrected chi connectivity index (χ4v) is 14.1. The molecule has 0 fully saturated rings. The van der Waals surface area contributed by atoms with E-state index in [1.165, 1.54) is 138 Å². The zero-order valence-electron chi connectivity index (χ0n) is 40.0. The van der Waals surface area contributed by atoms with E-state index in [4.69, 9.17) is 0 Å². The molecule has 0 amide bonds. The summed E-state index contributed by atoms with van der Waals surface area (Å²) in [5.41, 5.74) is 29.0. The Morgan fingerprint density at radius 1 is 0.329 bits per heavy atom. The number of fused-ring (bicyclic) bond motifs is 16. The molecule has 0 radical (unpaired) electrons. The Balaban J connectivity index is 1.07. The minimum absolute atomic E-state index is 0.0494. The predicted octanol–water partition coefficient (Wildman–Crippen LogP) is 12.7. The summed E-state index contributed by atoms with van der Waals surface area (Å²) >= 11 is 0. The summed E-state index contributed by atoms with van der Waals surface area (Å²) in [7, 11) is 0. The minimum atomic E-state index is -0.0494. The molecule has 0 aliphatic carbocycles. The molecule has 11 aromatic carbocycles. The number of aromatic nitrogens is 2. The van der Waals surface area contributed by atoms with Crippen LogP contribution >= 0.6 is 0 Å². The molecule has 0 saturated carbocycles. The summed E-state index contributed by atoms with van der Waals surface area (Å²) < 4.78 is 5.18. The van der Waals surface area contributed by atoms with E-state index in [-0.39, 0.29) is 13.4 Å². The van der Waals surface area contributed by atoms with Crippen LogP contribution in [0.1, 0.15) is 5.56 Å². The van der Waals surface area contributed by atoms with Crippen molar-refractivity contribution in [2.45, 2.75) is 6.92 Å². The molecule has 4 aliphatic heterocycles. The standard InChI is InChI=1S/C67H42B2N4/c1-41-64-52(68-50-32-16-20-36-56(50)72-54-34-18-14-30-46(54)60-48(42-22-6-2-7-23-42)38-58(62(68)66(60)72)70(64)44-26-10-4-11-27-44)40-53-65(41)71(45-28-12-5-13-29-45)59-39-49(43-24-8-3-9-25-43)61-47-31-15-19-35-55(47)73-57-37-21-17-33-51(57)69(53)63(59)67(61)73/h2-40H,1H3. The second-order valence-corrected chi connectivity index (χ2v) is 20.3. The van der Waals surface area contributed by atoms with Gasteiger partial charge in [0.25, 0.3) is 13.4 Å². The zero-order valence-corrected chi connectivity index (χ0v) is 40.0. The Morgan fingerprint density at radius 3 is 1.14 bits per heavy atom. The monoisotopic (exact) mass is 924 g/mol. The SMILES string of the molecule is Cc1c2c(cc3c1N(c1ccccc1)c1cc(-c4ccccc4)c4c5ccccc5n5c4c1B3c1ccccc1-5)B1c3ccccc3-n3c4ccccc4c4c(-c5ccccc5)cc(c1c43)N2c1ccccc1. The van der Waals surface area contributed by atoms with Crippen molar-refractivity contribution < 1.29 is 0 Å². The van der Waals surface area contributed by atoms with Crippen LogP contribution in [0.4, 0.5) is 34.1 Å². The van der Waals surface area contributed by atoms with Crippen molar-refractivity contribution in [3.63, 3.8) is 0 Å². The number of rotatable bonds is 4. The summed E-state index contributed by atoms with van der Waals surface area (Å²) in [6, 6.07) is 88.8. The van der Waals surface area contributed by atoms with Gasteiger partial charge in [-0.3, -0.25) is 0 Å². The minimum Gasteiger partial charge on any atom is -0.311 e. The van der Waals surface area contributed by atoms with E-state index in [2.05, 4.69) is 262 Å². The number of hydrogen-bond acceptors (Lipinski definition) is 2. The lowest BCUT2D eigenvalue weighted by Crippen LogP contribution is -2.65. The third-order valence-electron chi connectivity index (χ3n) is 16.8. The lowest BCUT2D eigenvalue weighted by molar-refractivity contribution is 1.17. The molecular weight excluding hydrogens is 882 g/mol. The summed E-state index contributed by atoms with van der Waals surface area (Å²) in [6.07, 6.45) is 0. The molecule has 4 aliphatic rings. The highest BCUT2D eigenvalue weighted by atomic mass is 15.2. The lowest BCUT2D eigenvalue weighted by Gasteiger charge is -2.46. The zero-order chi connectivity index (χ0) is 47.6. The van der Waals surface area contributed by atoms with Crippen molar-refractivity contribution in [2.24, 2.45) is 0 Å². The molecule has 13 aromatic rings. The van der Waals surface area contributed by atoms with Crippen LogP contribution < -0.4 is 42.6 Å². The maximum Gasteiger partial charge on any atom is 0.252 e. The predicted molar refractivity (Wildman–Crippen MR) is 309 cm³/mol. The van der Waals surface area contributed by atoms with Crippen molar-refractivity contribution in [3.05, 3.63) is 242 Å². The molecule has 6 heteroatoms. The highest BCUT2D eigenvalue weighted by Crippen LogP contribution is 2.52. The van der Waals surface area contributed by atoms with Crippen molar-refractivity contribution in [1.82, 2.24) is 9.13 Å². The highest BCUT2D eigenvalue weighted by molar-refractivity contribution is 7.03. The van der Waals surface area contributed by atoms with E-state index in [1.807, 2.05) is 0 Å². The maximum absolute atomic E-state index is 2.67. The molecule has 0 N–H and O–H groups in total. The van der Waals surface area contributed by atoms with Gasteiger partial charge in [-0.2, -0.15) is 0 Å². The lowest BCUT2D eigenvalue weighted by atomic mass is 9.30. The normalized spacial score (nSPS) is 13.4. The molecule has 0 saturated heterocycles. The van der Waals surface area contributed by atoms with Gasteiger partial charge in [-0.25, -0.2) is 0 Å². The van der Waals surface area contributed by atoms with Crippen molar-refractivity contribution in [2.75, 3.05) is 9.80 Å². The summed E-state index contributed by atoms with van der Waals surface area (Å²) in [5, 5.41) is 5.16. The molecule has 0 atom stereocenters. The van der Waals surface area contributed by atoms with Gasteiger partial charge in [0.05, 0.1) is 22.1 Å². The summed E-state index contributed by atoms with van der Waals surface area (Å²) in [6.45, 7) is 2.32. The maximum atomic E-state index is 2.67. The van der Waals surface area contributed by atoms with Gasteiger partial charge in [0, 0.05) is 67.0 Å². The molecule has 2 aromatic heterocycles. The Labute approximate surface area is 423 Å². The molecule has 4 nitrogen and oxygen atoms in total. The van der Waals surface area contributed by atoms with Gasteiger partial charge in [-0.1, -0.05) is 176 Å². The van der Waals surface area contributed by atoms with Gasteiger partial charge in [-0.15, -0.1) is 0 Å². The largest absolute Gasteiger partial charge is 0.311 e. The van der Waals surface area contributed by atoms with Gasteiger partial charge in [-0.05, 0) is 128 Å². The van der Waals surface area contributed by atoms with E-state index in [0.717, 1.165) is 11.4 Å². The number of nitrogens with zero attached hydrogens (tertiary/aromatic N) is 4. The number of para-hydroxylation sites is 6. The third-order valence-corrected chi connectivity index (χ3v) is 16.8. The van der Waals surface area contributed by atoms with Crippen LogP contribution in [-0.4, -0.2) is 22.6 Å². The second kappa shape index (κ2) is 14.4. The van der Waals surface area contributed by atoms with Gasteiger partial charge >= 0.3 is 0 Å². The van der Waals surface area contributed by atoms with Gasteiger partial charge in [0.1, 0.15) is 0 Å². The van der Waals surface area contributed by atoms with Crippen molar-refractivity contribution >= 4 is 124 Å². The Hall–Kier alpha value is -9.25. The quantitative estimate of drug-likeness (QED) is 0.164. The van der Waals surface area contributed by atoms with E-state index >= 15 is 0 Å². The van der Waals surface area contributed by atoms with Gasteiger partial charge in [0.15, 0.2) is 0 Å². The Kier molecular flexibility index (Phi) is 7.80. The molecule has 0 spiro atoms. The molecule has 73 heavy (non-hydrogen) atoms. The van der Waals surface area contributed by atoms with E-state index in [1.54, 1.807) is 0 Å². The first-order chi connectivity index (χ1) is 36.2. The van der Waals surface area contributed by atoms with Crippen LogP contribution in [0.25, 0.3) is 77.2 Å². The fraction of sp³-hybridized carbons (Fsp3) is 0.0149. The van der Waals surface area contributed by atoms with E-state index < -0.39 is 0 Å². The van der Waals surface area contributed by atoms with Crippen molar-refractivity contribution in [3.8, 4) is 33.6 Å². The highest BCUT2D eigenvalue weighted by Gasteiger charge is 2.49. The molecule has 336 valence electrons. The molecule has 17 rings (SSSR count). The molecule has 0 unspecified atom stereocenters. The third kappa shape index (κ3) is 5.02. The van der Waals surface area contributed by atoms with Crippen molar-refractivity contribution in [1.29, 1.82) is 0 Å². The van der Waals surface area contributed by atoms with Gasteiger partial charge < -0.3 is 18.9 Å². The molecule has 6 heterocycles. The number of hydrogen-bond donors (Lipinski definition) is 0. The van der Waals surface area contributed by atoms with Crippen LogP contribution in [0.2, 0.25) is 0 Å². The van der Waals surface area contributed by atoms with Crippen LogP contribution in [0, 0.1) is 6.92 Å². The average molecular weight is 925 g/mol. The van der Waals surface area contributed by atoms with Gasteiger partial charge in [0.2, 0.25) is 0 Å². The van der Waals surface area contributed by atoms with Crippen LogP contribution in [0.15, 0.2) is 237 Å². The first kappa shape index (κ1) is 39.5. The number of benzene rings is 11. The fourth-order valence-electron chi connectivity index (χ4n) is 14.1. The first-order valence-electron chi connectivity index (χ1n) is 25.6. The average Bonchev–Trinajstić information content (AvgIpc) is 4.03. The summed E-state index contributed by atoms with van der Waals surface area (Å²) in [4.78, 5) is 5.26. The summed E-state index contributed by atoms with van der Waals surface area (Å²) in [5.74, 6) is 0. The smallest absolute Gasteiger partial charge is 0.252 e. The molecular formula is C67H42B2N4. The topological polar surface area (TPSA) is 16.3 Å². The second-order valence-electron chi connectivity index (χ2n) is 20.3.